The van der Waals surface area contributed by atoms with Crippen molar-refractivity contribution in [3.63, 3.8) is 0 Å². The molecule has 19 nitrogen and oxygen atoms in total. The highest BCUT2D eigenvalue weighted by molar-refractivity contribution is 5.76. The van der Waals surface area contributed by atoms with Crippen LogP contribution in [0, 0.1) is 0 Å². The van der Waals surface area contributed by atoms with Crippen LogP contribution in [-0.4, -0.2) is 193 Å². The third kappa shape index (κ3) is 34.6. The van der Waals surface area contributed by atoms with Gasteiger partial charge in [0.25, 0.3) is 0 Å². The van der Waals surface area contributed by atoms with Gasteiger partial charge in [0.05, 0.1) is 38.6 Å². The molecule has 0 aliphatic carbocycles. The molecule has 3 aliphatic heterocycles. The molecule has 0 spiro atoms. The molecule has 3 rings (SSSR count). The fourth-order valence-electron chi connectivity index (χ4n) is 12.3. The van der Waals surface area contributed by atoms with Crippen molar-refractivity contribution >= 4 is 5.91 Å². The van der Waals surface area contributed by atoms with Crippen molar-refractivity contribution in [3.8, 4) is 0 Å². The number of carbonyl (C=O) groups excluding carboxylic acids is 1. The molecule has 0 bridgehead atoms. The molecule has 17 unspecified atom stereocenters. The molecular weight excluding hydrogens is 1150 g/mol. The average Bonchev–Trinajstić information content (AvgIpc) is 0.881. The van der Waals surface area contributed by atoms with E-state index in [4.69, 9.17) is 28.4 Å². The van der Waals surface area contributed by atoms with Gasteiger partial charge in [-0.2, -0.15) is 0 Å². The SMILES string of the molecule is CCCCCC/C=C/CC/C=C/C(O)C(COC1OC(CO)C(OC2OC(CO)C(OC3OC(CO)C(O)C(O)C3O)C(O)C2O)C(O)C1O)NC(=O)CCCCCCCCCCCCCCCCCCCCCCCCC/C=C\CCCCCCCCCC. The minimum Gasteiger partial charge on any atom is -0.394 e. The topological polar surface area (TPSA) is 307 Å². The standard InChI is InChI=1S/C71H131NO18/c1-3-5-7-9-11-13-15-16-17-18-19-20-21-22-23-24-25-26-27-28-29-30-31-32-33-34-35-36-37-38-39-41-43-45-47-49-59(77)72-54(55(76)48-46-44-42-40-14-12-10-8-6-4-2)53-85-69-65(83)62(80)67(57(51-74)87-69)90-71-66(84)63(81)68(58(52-75)88-71)89-70-64(82)61(79)60(78)56(50-73)86-70/h14,18-19,40,46,48,54-58,60-71,73-76,78-84H,3-13,15-17,20-39,41-45,47,49-53H2,1-2H3,(H,72,77)/b19-18-,40-14+,48-46+. The Morgan fingerprint density at radius 3 is 1.12 bits per heavy atom. The van der Waals surface area contributed by atoms with Crippen LogP contribution in [0.4, 0.5) is 0 Å². The molecule has 0 aromatic heterocycles. The molecule has 3 saturated heterocycles. The van der Waals surface area contributed by atoms with Gasteiger partial charge in [-0.1, -0.05) is 249 Å². The summed E-state index contributed by atoms with van der Waals surface area (Å²) in [6.45, 7) is 1.68. The molecule has 0 aromatic carbocycles. The fourth-order valence-corrected chi connectivity index (χ4v) is 12.3. The molecule has 90 heavy (non-hydrogen) atoms. The molecular formula is C71H131NO18. The summed E-state index contributed by atoms with van der Waals surface area (Å²) in [7, 11) is 0. The Kier molecular flexibility index (Phi) is 48.6. The van der Waals surface area contributed by atoms with Crippen LogP contribution in [0.3, 0.4) is 0 Å². The maximum atomic E-state index is 13.4. The lowest BCUT2D eigenvalue weighted by Crippen LogP contribution is -2.66. The van der Waals surface area contributed by atoms with E-state index in [0.717, 1.165) is 38.5 Å². The molecule has 3 fully saturated rings. The molecule has 12 N–H and O–H groups in total. The largest absolute Gasteiger partial charge is 0.394 e. The highest BCUT2D eigenvalue weighted by atomic mass is 16.8. The summed E-state index contributed by atoms with van der Waals surface area (Å²) in [6, 6.07) is -0.986. The number of nitrogens with one attached hydrogen (secondary N) is 1. The first-order valence-corrected chi connectivity index (χ1v) is 36.2. The van der Waals surface area contributed by atoms with Crippen molar-refractivity contribution in [1.29, 1.82) is 0 Å². The fraction of sp³-hybridized carbons (Fsp3) is 0.901. The molecule has 0 radical (unpaired) electrons. The molecule has 0 saturated carbocycles. The van der Waals surface area contributed by atoms with E-state index in [1.165, 1.54) is 205 Å². The minimum absolute atomic E-state index is 0.239. The van der Waals surface area contributed by atoms with Gasteiger partial charge < -0.3 is 89.9 Å². The van der Waals surface area contributed by atoms with Crippen LogP contribution in [0.5, 0.6) is 0 Å². The van der Waals surface area contributed by atoms with E-state index >= 15 is 0 Å². The number of unbranched alkanes of at least 4 members (excludes halogenated alkanes) is 36. The highest BCUT2D eigenvalue weighted by Crippen LogP contribution is 2.33. The van der Waals surface area contributed by atoms with Crippen LogP contribution >= 0.6 is 0 Å². The molecule has 3 aliphatic rings. The van der Waals surface area contributed by atoms with Crippen LogP contribution in [0.1, 0.15) is 277 Å². The number of hydrogen-bond acceptors (Lipinski definition) is 18. The molecule has 1 amide bonds. The van der Waals surface area contributed by atoms with Crippen LogP contribution in [-0.2, 0) is 33.2 Å². The Labute approximate surface area is 542 Å². The Morgan fingerprint density at radius 1 is 0.389 bits per heavy atom. The smallest absolute Gasteiger partial charge is 0.220 e. The van der Waals surface area contributed by atoms with Crippen molar-refractivity contribution in [2.75, 3.05) is 26.4 Å². The Morgan fingerprint density at radius 2 is 0.711 bits per heavy atom. The second-order valence-corrected chi connectivity index (χ2v) is 26.0. The predicted octanol–water partition coefficient (Wildman–Crippen LogP) is 10.00. The lowest BCUT2D eigenvalue weighted by Gasteiger charge is -2.48. The van der Waals surface area contributed by atoms with E-state index in [2.05, 4.69) is 43.5 Å². The molecule has 0 aromatic rings. The van der Waals surface area contributed by atoms with Crippen LogP contribution in [0.2, 0.25) is 0 Å². The maximum absolute atomic E-state index is 13.4. The number of carbonyl (C=O) groups is 1. The number of aliphatic hydroxyl groups is 11. The van der Waals surface area contributed by atoms with Crippen molar-refractivity contribution in [1.82, 2.24) is 5.32 Å². The number of aliphatic hydroxyl groups excluding tert-OH is 11. The lowest BCUT2D eigenvalue weighted by molar-refractivity contribution is -0.379. The third-order valence-corrected chi connectivity index (χ3v) is 18.2. The highest BCUT2D eigenvalue weighted by Gasteiger charge is 2.53. The van der Waals surface area contributed by atoms with E-state index in [0.29, 0.717) is 12.8 Å². The van der Waals surface area contributed by atoms with Crippen molar-refractivity contribution < 1.29 is 89.4 Å². The van der Waals surface area contributed by atoms with Gasteiger partial charge in [0.1, 0.15) is 73.2 Å². The molecule has 3 heterocycles. The zero-order valence-electron chi connectivity index (χ0n) is 55.9. The van der Waals surface area contributed by atoms with Gasteiger partial charge in [0.2, 0.25) is 5.91 Å². The number of amides is 1. The first-order valence-electron chi connectivity index (χ1n) is 36.2. The predicted molar refractivity (Wildman–Crippen MR) is 351 cm³/mol. The second kappa shape index (κ2) is 53.2. The zero-order valence-corrected chi connectivity index (χ0v) is 55.9. The summed E-state index contributed by atoms with van der Waals surface area (Å²) in [6.07, 6.45) is 36.2. The Hall–Kier alpha value is -1.99. The van der Waals surface area contributed by atoms with Crippen molar-refractivity contribution in [2.45, 2.75) is 381 Å². The summed E-state index contributed by atoms with van der Waals surface area (Å²) in [5.41, 5.74) is 0. The number of allylic oxidation sites excluding steroid dienone is 5. The van der Waals surface area contributed by atoms with E-state index in [1.807, 2.05) is 6.08 Å². The van der Waals surface area contributed by atoms with Gasteiger partial charge in [-0.05, 0) is 57.8 Å². The molecule has 19 heteroatoms. The van der Waals surface area contributed by atoms with Crippen LogP contribution < -0.4 is 5.32 Å². The second-order valence-electron chi connectivity index (χ2n) is 26.0. The van der Waals surface area contributed by atoms with Gasteiger partial charge in [0.15, 0.2) is 18.9 Å². The normalized spacial score (nSPS) is 28.2. The van der Waals surface area contributed by atoms with Gasteiger partial charge in [-0.3, -0.25) is 4.79 Å². The monoisotopic (exact) mass is 1290 g/mol. The van der Waals surface area contributed by atoms with E-state index in [-0.39, 0.29) is 18.9 Å². The van der Waals surface area contributed by atoms with E-state index in [1.54, 1.807) is 6.08 Å². The van der Waals surface area contributed by atoms with Gasteiger partial charge in [-0.15, -0.1) is 0 Å². The molecule has 17 atom stereocenters. The van der Waals surface area contributed by atoms with Crippen LogP contribution in [0.25, 0.3) is 0 Å². The number of hydrogen-bond donors (Lipinski definition) is 12. The number of ether oxygens (including phenoxy) is 6. The van der Waals surface area contributed by atoms with Gasteiger partial charge >= 0.3 is 0 Å². The minimum atomic E-state index is -1.98. The Bertz CT molecular complexity index is 1780. The quantitative estimate of drug-likeness (QED) is 0.0199. The first kappa shape index (κ1) is 82.2. The maximum Gasteiger partial charge on any atom is 0.220 e. The number of rotatable bonds is 56. The summed E-state index contributed by atoms with van der Waals surface area (Å²) in [5.74, 6) is -0.284. The average molecular weight is 1290 g/mol. The van der Waals surface area contributed by atoms with Crippen LogP contribution in [0.15, 0.2) is 36.5 Å². The van der Waals surface area contributed by atoms with Gasteiger partial charge in [0, 0.05) is 6.42 Å². The van der Waals surface area contributed by atoms with E-state index in [9.17, 15) is 61.0 Å². The van der Waals surface area contributed by atoms with Crippen molar-refractivity contribution in [3.05, 3.63) is 36.5 Å². The molecule has 528 valence electrons. The van der Waals surface area contributed by atoms with E-state index < -0.39 is 124 Å². The Balaban J connectivity index is 1.30. The zero-order chi connectivity index (χ0) is 65.4. The third-order valence-electron chi connectivity index (χ3n) is 18.2. The first-order chi connectivity index (χ1) is 43.8. The lowest BCUT2D eigenvalue weighted by atomic mass is 9.96. The summed E-state index contributed by atoms with van der Waals surface area (Å²) < 4.78 is 34.3. The summed E-state index contributed by atoms with van der Waals surface area (Å²) in [5, 5.41) is 120. The summed E-state index contributed by atoms with van der Waals surface area (Å²) in [4.78, 5) is 13.4. The summed E-state index contributed by atoms with van der Waals surface area (Å²) >= 11 is 0. The van der Waals surface area contributed by atoms with Gasteiger partial charge in [-0.25, -0.2) is 0 Å². The van der Waals surface area contributed by atoms with Crippen molar-refractivity contribution in [2.24, 2.45) is 0 Å².